The summed E-state index contributed by atoms with van der Waals surface area (Å²) in [7, 11) is 0. The molecule has 0 saturated heterocycles. The number of halogens is 3. The number of benzene rings is 1. The van der Waals surface area contributed by atoms with Crippen LogP contribution in [0, 0.1) is 10.1 Å². The van der Waals surface area contributed by atoms with Crippen molar-refractivity contribution in [3.8, 4) is 0 Å². The Balaban J connectivity index is 2.69. The minimum Gasteiger partial charge on any atom is -0.324 e. The molecule has 0 fully saturated rings. The first-order valence-electron chi connectivity index (χ1n) is 6.57. The van der Waals surface area contributed by atoms with Gasteiger partial charge in [-0.25, -0.2) is 8.78 Å². The molecule has 1 rings (SSSR count). The molecule has 0 radical (unpaired) electrons. The third-order valence-electron chi connectivity index (χ3n) is 2.74. The number of rotatable bonds is 8. The second kappa shape index (κ2) is 8.60. The van der Waals surface area contributed by atoms with Gasteiger partial charge in [-0.3, -0.25) is 19.8 Å². The molecule has 6 nitrogen and oxygen atoms in total. The Hall–Kier alpha value is -1.80. The highest BCUT2D eigenvalue weighted by atomic mass is 35.5. The Morgan fingerprint density at radius 1 is 1.50 bits per heavy atom. The number of nitrogens with one attached hydrogen (secondary N) is 1. The van der Waals surface area contributed by atoms with Crippen molar-refractivity contribution in [2.75, 3.05) is 25.0 Å². The predicted molar refractivity (Wildman–Crippen MR) is 79.5 cm³/mol. The van der Waals surface area contributed by atoms with Crippen LogP contribution in [-0.4, -0.2) is 41.8 Å². The molecule has 1 amide bonds. The lowest BCUT2D eigenvalue weighted by atomic mass is 10.2. The fraction of sp³-hybridized carbons (Fsp3) is 0.462. The Bertz CT molecular complexity index is 543. The number of non-ortho nitro benzene ring substituents is 1. The van der Waals surface area contributed by atoms with Gasteiger partial charge in [0.05, 0.1) is 28.7 Å². The third-order valence-corrected chi connectivity index (χ3v) is 3.05. The Morgan fingerprint density at radius 2 is 2.18 bits per heavy atom. The van der Waals surface area contributed by atoms with Crippen molar-refractivity contribution < 1.29 is 18.5 Å². The predicted octanol–water partition coefficient (Wildman–Crippen LogP) is 3.16. The quantitative estimate of drug-likeness (QED) is 0.585. The molecule has 122 valence electrons. The molecule has 9 heteroatoms. The average Bonchev–Trinajstić information content (AvgIpc) is 2.40. The van der Waals surface area contributed by atoms with Crippen LogP contribution in [-0.2, 0) is 4.79 Å². The summed E-state index contributed by atoms with van der Waals surface area (Å²) in [4.78, 5) is 23.2. The highest BCUT2D eigenvalue weighted by Gasteiger charge is 2.16. The lowest BCUT2D eigenvalue weighted by molar-refractivity contribution is -0.384. The molecule has 0 spiro atoms. The van der Waals surface area contributed by atoms with E-state index in [-0.39, 0.29) is 22.9 Å². The van der Waals surface area contributed by atoms with E-state index in [4.69, 9.17) is 11.6 Å². The topological polar surface area (TPSA) is 75.5 Å². The molecule has 1 N–H and O–H groups in total. The lowest BCUT2D eigenvalue weighted by Crippen LogP contribution is -2.37. The van der Waals surface area contributed by atoms with Gasteiger partial charge in [0.15, 0.2) is 0 Å². The number of amides is 1. The highest BCUT2D eigenvalue weighted by Crippen LogP contribution is 2.26. The zero-order valence-corrected chi connectivity index (χ0v) is 12.6. The molecule has 0 atom stereocenters. The summed E-state index contributed by atoms with van der Waals surface area (Å²) in [5.74, 6) is -0.509. The van der Waals surface area contributed by atoms with E-state index in [0.29, 0.717) is 13.0 Å². The van der Waals surface area contributed by atoms with Crippen LogP contribution in [0.4, 0.5) is 20.2 Å². The molecule has 22 heavy (non-hydrogen) atoms. The van der Waals surface area contributed by atoms with Crippen LogP contribution >= 0.6 is 11.6 Å². The molecule has 0 aliphatic carbocycles. The maximum atomic E-state index is 12.4. The zero-order chi connectivity index (χ0) is 16.7. The third kappa shape index (κ3) is 5.90. The number of carbonyl (C=O) groups excluding carboxylic acids is 1. The maximum absolute atomic E-state index is 12.4. The maximum Gasteiger partial charge on any atom is 0.271 e. The molecule has 1 aromatic rings. The number of nitrogens with zero attached hydrogens (tertiary/aromatic N) is 2. The first-order chi connectivity index (χ1) is 10.3. The van der Waals surface area contributed by atoms with Crippen molar-refractivity contribution in [2.45, 2.75) is 19.8 Å². The molecule has 0 heterocycles. The van der Waals surface area contributed by atoms with Crippen LogP contribution in [0.15, 0.2) is 18.2 Å². The van der Waals surface area contributed by atoms with E-state index in [1.54, 1.807) is 0 Å². The van der Waals surface area contributed by atoms with Gasteiger partial charge in [-0.05, 0) is 19.0 Å². The molecule has 0 unspecified atom stereocenters. The SMILES string of the molecule is CCCN(CC(=O)Nc1ccc([N+](=O)[O-])cc1Cl)CC(F)F. The van der Waals surface area contributed by atoms with Crippen molar-refractivity contribution in [1.82, 2.24) is 4.90 Å². The molecule has 0 aliphatic rings. The Morgan fingerprint density at radius 3 is 2.68 bits per heavy atom. The van der Waals surface area contributed by atoms with Gasteiger partial charge in [0.1, 0.15) is 0 Å². The number of alkyl halides is 2. The minimum absolute atomic E-state index is 0.0125. The fourth-order valence-electron chi connectivity index (χ4n) is 1.86. The number of hydrogen-bond acceptors (Lipinski definition) is 4. The van der Waals surface area contributed by atoms with Crippen molar-refractivity contribution in [1.29, 1.82) is 0 Å². The van der Waals surface area contributed by atoms with Crippen LogP contribution in [0.5, 0.6) is 0 Å². The number of nitro groups is 1. The van der Waals surface area contributed by atoms with E-state index in [1.807, 2.05) is 6.92 Å². The molecule has 0 aromatic heterocycles. The lowest BCUT2D eigenvalue weighted by Gasteiger charge is -2.20. The van der Waals surface area contributed by atoms with Gasteiger partial charge in [0, 0.05) is 12.1 Å². The van der Waals surface area contributed by atoms with Crippen LogP contribution < -0.4 is 5.32 Å². The van der Waals surface area contributed by atoms with E-state index >= 15 is 0 Å². The summed E-state index contributed by atoms with van der Waals surface area (Å²) in [5.41, 5.74) is -0.000860. The van der Waals surface area contributed by atoms with Crippen molar-refractivity contribution in [3.63, 3.8) is 0 Å². The van der Waals surface area contributed by atoms with Crippen LogP contribution in [0.3, 0.4) is 0 Å². The number of hydrogen-bond donors (Lipinski definition) is 1. The van der Waals surface area contributed by atoms with Crippen molar-refractivity contribution >= 4 is 28.9 Å². The molecule has 0 saturated carbocycles. The van der Waals surface area contributed by atoms with Gasteiger partial charge in [-0.2, -0.15) is 0 Å². The van der Waals surface area contributed by atoms with Gasteiger partial charge in [-0.15, -0.1) is 0 Å². The van der Waals surface area contributed by atoms with E-state index in [9.17, 15) is 23.7 Å². The average molecular weight is 336 g/mol. The minimum atomic E-state index is -2.53. The van der Waals surface area contributed by atoms with Crippen LogP contribution in [0.25, 0.3) is 0 Å². The van der Waals surface area contributed by atoms with Gasteiger partial charge in [0.25, 0.3) is 12.1 Å². The second-order valence-electron chi connectivity index (χ2n) is 4.60. The number of nitro benzene ring substituents is 1. The van der Waals surface area contributed by atoms with E-state index in [1.165, 1.54) is 17.0 Å². The monoisotopic (exact) mass is 335 g/mol. The molecule has 1 aromatic carbocycles. The second-order valence-corrected chi connectivity index (χ2v) is 5.00. The van der Waals surface area contributed by atoms with Gasteiger partial charge in [0.2, 0.25) is 5.91 Å². The van der Waals surface area contributed by atoms with Gasteiger partial charge >= 0.3 is 0 Å². The van der Waals surface area contributed by atoms with E-state index in [2.05, 4.69) is 5.32 Å². The number of anilines is 1. The fourth-order valence-corrected chi connectivity index (χ4v) is 2.08. The van der Waals surface area contributed by atoms with Crippen LogP contribution in [0.1, 0.15) is 13.3 Å². The summed E-state index contributed by atoms with van der Waals surface area (Å²) in [5, 5.41) is 13.1. The largest absolute Gasteiger partial charge is 0.324 e. The Kier molecular flexibility index (Phi) is 7.13. The normalized spacial score (nSPS) is 11.0. The van der Waals surface area contributed by atoms with Gasteiger partial charge < -0.3 is 5.32 Å². The first-order valence-corrected chi connectivity index (χ1v) is 6.95. The summed E-state index contributed by atoms with van der Waals surface area (Å²) in [6.07, 6.45) is -1.89. The molecule has 0 bridgehead atoms. The molecule has 0 aliphatic heterocycles. The summed E-state index contributed by atoms with van der Waals surface area (Å²) < 4.78 is 24.8. The van der Waals surface area contributed by atoms with Gasteiger partial charge in [-0.1, -0.05) is 18.5 Å². The summed E-state index contributed by atoms with van der Waals surface area (Å²) in [6.45, 7) is 1.50. The molecular formula is C13H16ClF2N3O3. The number of carbonyl (C=O) groups is 1. The van der Waals surface area contributed by atoms with E-state index < -0.39 is 23.8 Å². The molecular weight excluding hydrogens is 320 g/mol. The first kappa shape index (κ1) is 18.2. The van der Waals surface area contributed by atoms with Crippen molar-refractivity contribution in [2.24, 2.45) is 0 Å². The van der Waals surface area contributed by atoms with E-state index in [0.717, 1.165) is 6.07 Å². The summed E-state index contributed by atoms with van der Waals surface area (Å²) >= 11 is 5.85. The van der Waals surface area contributed by atoms with Crippen LogP contribution in [0.2, 0.25) is 5.02 Å². The Labute approximate surface area is 131 Å². The standard InChI is InChI=1S/C13H16ClF2N3O3/c1-2-5-18(7-12(15)16)8-13(20)17-11-4-3-9(19(21)22)6-10(11)14/h3-4,6,12H,2,5,7-8H2,1H3,(H,17,20). The van der Waals surface area contributed by atoms with Crippen molar-refractivity contribution in [3.05, 3.63) is 33.3 Å². The highest BCUT2D eigenvalue weighted by molar-refractivity contribution is 6.34. The zero-order valence-electron chi connectivity index (χ0n) is 11.9. The summed E-state index contributed by atoms with van der Waals surface area (Å²) in [6, 6.07) is 3.61. The smallest absolute Gasteiger partial charge is 0.271 e.